The normalized spacial score (nSPS) is 11.8. The molecule has 0 saturated heterocycles. The summed E-state index contributed by atoms with van der Waals surface area (Å²) < 4.78 is 0. The first kappa shape index (κ1) is 11.9. The van der Waals surface area contributed by atoms with Gasteiger partial charge in [-0.3, -0.25) is 5.10 Å². The van der Waals surface area contributed by atoms with Crippen LogP contribution in [0.4, 0.5) is 0 Å². The molecule has 0 spiro atoms. The second-order valence-electron chi connectivity index (χ2n) is 5.87. The van der Waals surface area contributed by atoms with E-state index in [0.717, 1.165) is 12.0 Å². The van der Waals surface area contributed by atoms with E-state index in [4.69, 9.17) is 0 Å². The molecule has 0 saturated carbocycles. The number of H-pyrrole nitrogens is 1. The first-order chi connectivity index (χ1) is 7.96. The van der Waals surface area contributed by atoms with Crippen molar-refractivity contribution in [3.8, 4) is 11.1 Å². The van der Waals surface area contributed by atoms with Crippen LogP contribution in [0.15, 0.2) is 30.6 Å². The fourth-order valence-electron chi connectivity index (χ4n) is 2.17. The summed E-state index contributed by atoms with van der Waals surface area (Å²) in [4.78, 5) is 0. The molecule has 1 heterocycles. The average Bonchev–Trinajstić information content (AvgIpc) is 2.68. The van der Waals surface area contributed by atoms with Crippen LogP contribution < -0.4 is 0 Å². The molecule has 0 atom stereocenters. The molecule has 1 aromatic carbocycles. The van der Waals surface area contributed by atoms with Crippen molar-refractivity contribution in [1.29, 1.82) is 0 Å². The van der Waals surface area contributed by atoms with Crippen LogP contribution in [0.1, 0.15) is 31.9 Å². The largest absolute Gasteiger partial charge is 0.285 e. The lowest BCUT2D eigenvalue weighted by molar-refractivity contribution is 0.411. The highest BCUT2D eigenvalue weighted by molar-refractivity contribution is 5.66. The third kappa shape index (κ3) is 2.96. The van der Waals surface area contributed by atoms with E-state index in [2.05, 4.69) is 56.1 Å². The molecule has 17 heavy (non-hydrogen) atoms. The Bertz CT molecular complexity index is 490. The molecule has 0 amide bonds. The number of hydrogen-bond acceptors (Lipinski definition) is 1. The van der Waals surface area contributed by atoms with Gasteiger partial charge >= 0.3 is 0 Å². The van der Waals surface area contributed by atoms with E-state index >= 15 is 0 Å². The Hall–Kier alpha value is -1.57. The number of aromatic nitrogens is 2. The summed E-state index contributed by atoms with van der Waals surface area (Å²) in [5, 5.41) is 6.85. The SMILES string of the molecule is Cc1cc(CC(C)(C)C)ccc1-c1cn[nH]c1. The predicted octanol–water partition coefficient (Wildman–Crippen LogP) is 3.97. The average molecular weight is 228 g/mol. The van der Waals surface area contributed by atoms with E-state index in [1.54, 1.807) is 0 Å². The number of hydrogen-bond donors (Lipinski definition) is 1. The smallest absolute Gasteiger partial charge is 0.0565 e. The van der Waals surface area contributed by atoms with Gasteiger partial charge in [0.2, 0.25) is 0 Å². The highest BCUT2D eigenvalue weighted by Crippen LogP contribution is 2.26. The lowest BCUT2D eigenvalue weighted by Gasteiger charge is -2.18. The van der Waals surface area contributed by atoms with Crippen molar-refractivity contribution in [3.05, 3.63) is 41.7 Å². The molecule has 0 radical (unpaired) electrons. The summed E-state index contributed by atoms with van der Waals surface area (Å²) >= 11 is 0. The number of benzene rings is 1. The molecule has 1 aromatic heterocycles. The van der Waals surface area contributed by atoms with Gasteiger partial charge in [0.15, 0.2) is 0 Å². The van der Waals surface area contributed by atoms with Gasteiger partial charge in [-0.1, -0.05) is 39.0 Å². The molecule has 2 rings (SSSR count). The first-order valence-electron chi connectivity index (χ1n) is 6.04. The van der Waals surface area contributed by atoms with Crippen LogP contribution in [0.25, 0.3) is 11.1 Å². The molecule has 0 fully saturated rings. The Morgan fingerprint density at radius 2 is 2.00 bits per heavy atom. The minimum Gasteiger partial charge on any atom is -0.285 e. The minimum atomic E-state index is 0.337. The number of aryl methyl sites for hydroxylation is 1. The summed E-state index contributed by atoms with van der Waals surface area (Å²) in [7, 11) is 0. The molecule has 0 aliphatic heterocycles. The van der Waals surface area contributed by atoms with E-state index in [1.165, 1.54) is 16.7 Å². The number of aromatic amines is 1. The van der Waals surface area contributed by atoms with Gasteiger partial charge in [0.05, 0.1) is 6.20 Å². The maximum Gasteiger partial charge on any atom is 0.0565 e. The van der Waals surface area contributed by atoms with Gasteiger partial charge < -0.3 is 0 Å². The van der Waals surface area contributed by atoms with E-state index in [0.29, 0.717) is 5.41 Å². The molecule has 2 heteroatoms. The summed E-state index contributed by atoms with van der Waals surface area (Å²) in [6.07, 6.45) is 4.91. The van der Waals surface area contributed by atoms with Crippen LogP contribution >= 0.6 is 0 Å². The standard InChI is InChI=1S/C15H20N2/c1-11-7-12(8-15(2,3)4)5-6-14(11)13-9-16-17-10-13/h5-7,9-10H,8H2,1-4H3,(H,16,17). The van der Waals surface area contributed by atoms with Crippen molar-refractivity contribution in [2.45, 2.75) is 34.1 Å². The number of nitrogens with one attached hydrogen (secondary N) is 1. The van der Waals surface area contributed by atoms with Crippen molar-refractivity contribution in [3.63, 3.8) is 0 Å². The van der Waals surface area contributed by atoms with Crippen LogP contribution in [-0.4, -0.2) is 10.2 Å². The second kappa shape index (κ2) is 4.36. The second-order valence-corrected chi connectivity index (χ2v) is 5.87. The molecule has 2 nitrogen and oxygen atoms in total. The minimum absolute atomic E-state index is 0.337. The summed E-state index contributed by atoms with van der Waals surface area (Å²) in [6.45, 7) is 8.97. The molecule has 90 valence electrons. The fourth-order valence-corrected chi connectivity index (χ4v) is 2.17. The van der Waals surface area contributed by atoms with E-state index < -0.39 is 0 Å². The fraction of sp³-hybridized carbons (Fsp3) is 0.400. The van der Waals surface area contributed by atoms with Crippen LogP contribution in [-0.2, 0) is 6.42 Å². The van der Waals surface area contributed by atoms with Gasteiger partial charge in [-0.25, -0.2) is 0 Å². The highest BCUT2D eigenvalue weighted by Gasteiger charge is 2.12. The van der Waals surface area contributed by atoms with Gasteiger partial charge in [-0.05, 0) is 35.4 Å². The van der Waals surface area contributed by atoms with Crippen LogP contribution in [0, 0.1) is 12.3 Å². The Labute approximate surface area is 103 Å². The van der Waals surface area contributed by atoms with Gasteiger partial charge in [-0.15, -0.1) is 0 Å². The van der Waals surface area contributed by atoms with Crippen molar-refractivity contribution >= 4 is 0 Å². The molecule has 0 unspecified atom stereocenters. The summed E-state index contributed by atoms with van der Waals surface area (Å²) in [5.41, 5.74) is 5.47. The van der Waals surface area contributed by atoms with Crippen LogP contribution in [0.3, 0.4) is 0 Å². The van der Waals surface area contributed by atoms with E-state index in [-0.39, 0.29) is 0 Å². The molecular weight excluding hydrogens is 208 g/mol. The van der Waals surface area contributed by atoms with Crippen molar-refractivity contribution in [2.24, 2.45) is 5.41 Å². The van der Waals surface area contributed by atoms with Crippen molar-refractivity contribution in [2.75, 3.05) is 0 Å². The molecule has 2 aromatic rings. The van der Waals surface area contributed by atoms with E-state index in [1.807, 2.05) is 12.4 Å². The van der Waals surface area contributed by atoms with Crippen molar-refractivity contribution < 1.29 is 0 Å². The Kier molecular flexibility index (Phi) is 3.05. The zero-order valence-corrected chi connectivity index (χ0v) is 11.0. The van der Waals surface area contributed by atoms with Crippen molar-refractivity contribution in [1.82, 2.24) is 10.2 Å². The Balaban J connectivity index is 2.30. The topological polar surface area (TPSA) is 28.7 Å². The number of nitrogens with zero attached hydrogens (tertiary/aromatic N) is 1. The van der Waals surface area contributed by atoms with Gasteiger partial charge in [0.25, 0.3) is 0 Å². The quantitative estimate of drug-likeness (QED) is 0.827. The van der Waals surface area contributed by atoms with E-state index in [9.17, 15) is 0 Å². The number of rotatable bonds is 2. The Morgan fingerprint density at radius 1 is 1.24 bits per heavy atom. The first-order valence-corrected chi connectivity index (χ1v) is 6.04. The lowest BCUT2D eigenvalue weighted by atomic mass is 9.87. The van der Waals surface area contributed by atoms with Crippen LogP contribution in [0.2, 0.25) is 0 Å². The predicted molar refractivity (Wildman–Crippen MR) is 71.9 cm³/mol. The maximum atomic E-state index is 4.00. The van der Waals surface area contributed by atoms with Gasteiger partial charge in [-0.2, -0.15) is 5.10 Å². The molecule has 0 aliphatic rings. The summed E-state index contributed by atoms with van der Waals surface area (Å²) in [5.74, 6) is 0. The monoisotopic (exact) mass is 228 g/mol. The summed E-state index contributed by atoms with van der Waals surface area (Å²) in [6, 6.07) is 6.70. The highest BCUT2D eigenvalue weighted by atomic mass is 15.1. The van der Waals surface area contributed by atoms with Crippen LogP contribution in [0.5, 0.6) is 0 Å². The lowest BCUT2D eigenvalue weighted by Crippen LogP contribution is -2.09. The third-order valence-corrected chi connectivity index (χ3v) is 2.83. The molecule has 1 N–H and O–H groups in total. The van der Waals surface area contributed by atoms with Gasteiger partial charge in [0, 0.05) is 11.8 Å². The van der Waals surface area contributed by atoms with Gasteiger partial charge in [0.1, 0.15) is 0 Å². The maximum absolute atomic E-state index is 4.00. The molecule has 0 bridgehead atoms. The zero-order chi connectivity index (χ0) is 12.5. The zero-order valence-electron chi connectivity index (χ0n) is 11.0. The molecule has 0 aliphatic carbocycles. The molecular formula is C15H20N2. The third-order valence-electron chi connectivity index (χ3n) is 2.83. The Morgan fingerprint density at radius 3 is 2.53 bits per heavy atom.